The number of amides is 2. The summed E-state index contributed by atoms with van der Waals surface area (Å²) in [5.41, 5.74) is 2.04. The number of aromatic nitrogens is 1. The molecule has 0 saturated heterocycles. The van der Waals surface area contributed by atoms with Crippen molar-refractivity contribution >= 4 is 17.5 Å². The summed E-state index contributed by atoms with van der Waals surface area (Å²) in [4.78, 5) is 29.3. The van der Waals surface area contributed by atoms with Crippen LogP contribution in [0.5, 0.6) is 5.75 Å². The van der Waals surface area contributed by atoms with Crippen molar-refractivity contribution in [3.05, 3.63) is 102 Å². The van der Waals surface area contributed by atoms with Crippen molar-refractivity contribution in [2.75, 3.05) is 11.9 Å². The van der Waals surface area contributed by atoms with E-state index in [9.17, 15) is 14.0 Å². The Hall–Kier alpha value is -4.46. The number of benzene rings is 3. The maximum atomic E-state index is 13.8. The lowest BCUT2D eigenvalue weighted by molar-refractivity contribution is -0.120. The zero-order valence-corrected chi connectivity index (χ0v) is 19.8. The van der Waals surface area contributed by atoms with Crippen molar-refractivity contribution in [1.29, 1.82) is 0 Å². The monoisotopic (exact) mass is 487 g/mol. The minimum atomic E-state index is -0.419. The molecule has 1 aromatic heterocycles. The van der Waals surface area contributed by atoms with Crippen molar-refractivity contribution in [2.45, 2.75) is 26.3 Å². The Bertz CT molecular complexity index is 1340. The quantitative estimate of drug-likeness (QED) is 0.326. The molecule has 0 aliphatic rings. The van der Waals surface area contributed by atoms with E-state index in [0.717, 1.165) is 0 Å². The first kappa shape index (κ1) is 24.7. The smallest absolute Gasteiger partial charge is 0.228 e. The van der Waals surface area contributed by atoms with Gasteiger partial charge in [-0.3, -0.25) is 9.59 Å². The van der Waals surface area contributed by atoms with Crippen molar-refractivity contribution in [3.63, 3.8) is 0 Å². The van der Waals surface area contributed by atoms with E-state index in [1.165, 1.54) is 6.07 Å². The summed E-state index contributed by atoms with van der Waals surface area (Å²) >= 11 is 0. The SMILES string of the molecule is Cc1oc(-c2ccccc2NC(=O)CCOc2ccccc2)nc1CNC(=O)Cc1ccccc1F. The van der Waals surface area contributed by atoms with Crippen LogP contribution in [0.15, 0.2) is 83.3 Å². The summed E-state index contributed by atoms with van der Waals surface area (Å²) in [6.45, 7) is 2.12. The summed E-state index contributed by atoms with van der Waals surface area (Å²) in [5.74, 6) is 0.611. The number of rotatable bonds is 10. The highest BCUT2D eigenvalue weighted by Gasteiger charge is 2.17. The largest absolute Gasteiger partial charge is 0.493 e. The van der Waals surface area contributed by atoms with E-state index < -0.39 is 5.82 Å². The second kappa shape index (κ2) is 11.8. The van der Waals surface area contributed by atoms with Gasteiger partial charge in [0.1, 0.15) is 23.0 Å². The number of para-hydroxylation sites is 2. The Labute approximate surface area is 208 Å². The highest BCUT2D eigenvalue weighted by Crippen LogP contribution is 2.29. The summed E-state index contributed by atoms with van der Waals surface area (Å²) in [6, 6.07) is 22.6. The highest BCUT2D eigenvalue weighted by molar-refractivity contribution is 5.94. The Balaban J connectivity index is 1.36. The molecule has 0 saturated carbocycles. The van der Waals surface area contributed by atoms with Gasteiger partial charge in [-0.2, -0.15) is 0 Å². The van der Waals surface area contributed by atoms with Gasteiger partial charge in [0.2, 0.25) is 17.7 Å². The Morgan fingerprint density at radius 1 is 0.944 bits per heavy atom. The van der Waals surface area contributed by atoms with Gasteiger partial charge in [0.15, 0.2) is 0 Å². The lowest BCUT2D eigenvalue weighted by Crippen LogP contribution is -2.25. The first-order valence-electron chi connectivity index (χ1n) is 11.5. The maximum Gasteiger partial charge on any atom is 0.228 e. The van der Waals surface area contributed by atoms with Gasteiger partial charge in [-0.05, 0) is 42.8 Å². The van der Waals surface area contributed by atoms with Gasteiger partial charge in [-0.15, -0.1) is 0 Å². The van der Waals surface area contributed by atoms with Gasteiger partial charge in [0.25, 0.3) is 0 Å². The van der Waals surface area contributed by atoms with Gasteiger partial charge in [0.05, 0.1) is 37.2 Å². The molecular formula is C28H26FN3O4. The van der Waals surface area contributed by atoms with Gasteiger partial charge in [0, 0.05) is 0 Å². The van der Waals surface area contributed by atoms with E-state index in [1.807, 2.05) is 36.4 Å². The minimum Gasteiger partial charge on any atom is -0.493 e. The van der Waals surface area contributed by atoms with E-state index in [1.54, 1.807) is 43.3 Å². The second-order valence-electron chi connectivity index (χ2n) is 8.07. The van der Waals surface area contributed by atoms with Crippen LogP contribution < -0.4 is 15.4 Å². The number of hydrogen-bond acceptors (Lipinski definition) is 5. The molecule has 0 atom stereocenters. The minimum absolute atomic E-state index is 0.0702. The van der Waals surface area contributed by atoms with Crippen LogP contribution in [-0.4, -0.2) is 23.4 Å². The van der Waals surface area contributed by atoms with Gasteiger partial charge < -0.3 is 19.8 Å². The molecule has 36 heavy (non-hydrogen) atoms. The Morgan fingerprint density at radius 3 is 2.47 bits per heavy atom. The third-order valence-corrected chi connectivity index (χ3v) is 5.43. The number of hydrogen-bond donors (Lipinski definition) is 2. The molecule has 0 aliphatic carbocycles. The zero-order valence-electron chi connectivity index (χ0n) is 19.8. The molecule has 0 fully saturated rings. The fourth-order valence-corrected chi connectivity index (χ4v) is 3.54. The van der Waals surface area contributed by atoms with Crippen LogP contribution in [0.25, 0.3) is 11.5 Å². The molecule has 0 spiro atoms. The first-order chi connectivity index (χ1) is 17.5. The van der Waals surface area contributed by atoms with E-state index in [4.69, 9.17) is 9.15 Å². The number of aryl methyl sites for hydroxylation is 1. The second-order valence-corrected chi connectivity index (χ2v) is 8.07. The molecule has 2 N–H and O–H groups in total. The number of oxazole rings is 1. The summed E-state index contributed by atoms with van der Waals surface area (Å²) in [6.07, 6.45) is 0.104. The fraction of sp³-hybridized carbons (Fsp3) is 0.179. The third-order valence-electron chi connectivity index (χ3n) is 5.43. The molecule has 4 aromatic rings. The predicted molar refractivity (Wildman–Crippen MR) is 134 cm³/mol. The molecule has 184 valence electrons. The Morgan fingerprint density at radius 2 is 1.67 bits per heavy atom. The van der Waals surface area contributed by atoms with Crippen molar-refractivity contribution in [3.8, 4) is 17.2 Å². The number of carbonyl (C=O) groups excluding carboxylic acids is 2. The van der Waals surface area contributed by atoms with Crippen LogP contribution in [0.3, 0.4) is 0 Å². The average molecular weight is 488 g/mol. The van der Waals surface area contributed by atoms with Crippen molar-refractivity contribution in [1.82, 2.24) is 10.3 Å². The van der Waals surface area contributed by atoms with E-state index >= 15 is 0 Å². The fourth-order valence-electron chi connectivity index (χ4n) is 3.54. The molecular weight excluding hydrogens is 461 g/mol. The zero-order chi connectivity index (χ0) is 25.3. The number of halogens is 1. The van der Waals surface area contributed by atoms with Crippen LogP contribution in [0.4, 0.5) is 10.1 Å². The molecule has 0 radical (unpaired) electrons. The van der Waals surface area contributed by atoms with Gasteiger partial charge in [-0.1, -0.05) is 48.5 Å². The molecule has 0 bridgehead atoms. The molecule has 1 heterocycles. The summed E-state index contributed by atoms with van der Waals surface area (Å²) in [7, 11) is 0. The molecule has 8 heteroatoms. The van der Waals surface area contributed by atoms with Crippen molar-refractivity contribution in [2.24, 2.45) is 0 Å². The van der Waals surface area contributed by atoms with E-state index in [-0.39, 0.29) is 37.8 Å². The molecule has 7 nitrogen and oxygen atoms in total. The molecule has 0 unspecified atom stereocenters. The van der Waals surface area contributed by atoms with E-state index in [0.29, 0.717) is 39.9 Å². The standard InChI is InChI=1S/C28H26FN3O4/c1-19-25(18-30-27(34)17-20-9-5-7-13-23(20)29)32-28(36-19)22-12-6-8-14-24(22)31-26(33)15-16-35-21-10-3-2-4-11-21/h2-14H,15-18H2,1H3,(H,30,34)(H,31,33). The van der Waals surface area contributed by atoms with Gasteiger partial charge in [-0.25, -0.2) is 9.37 Å². The number of nitrogens with one attached hydrogen (secondary N) is 2. The summed E-state index contributed by atoms with van der Waals surface area (Å²) in [5, 5.41) is 5.63. The van der Waals surface area contributed by atoms with Crippen LogP contribution in [0.1, 0.15) is 23.4 Å². The number of anilines is 1. The number of carbonyl (C=O) groups is 2. The molecule has 2 amide bonds. The number of ether oxygens (including phenoxy) is 1. The van der Waals surface area contributed by atoms with Crippen LogP contribution in [0.2, 0.25) is 0 Å². The maximum absolute atomic E-state index is 13.8. The summed E-state index contributed by atoms with van der Waals surface area (Å²) < 4.78 is 25.2. The predicted octanol–water partition coefficient (Wildman–Crippen LogP) is 5.06. The molecule has 3 aromatic carbocycles. The lowest BCUT2D eigenvalue weighted by Gasteiger charge is -2.10. The first-order valence-corrected chi connectivity index (χ1v) is 11.5. The lowest BCUT2D eigenvalue weighted by atomic mass is 10.1. The van der Waals surface area contributed by atoms with Gasteiger partial charge >= 0.3 is 0 Å². The van der Waals surface area contributed by atoms with Crippen LogP contribution in [0, 0.1) is 12.7 Å². The average Bonchev–Trinajstić information content (AvgIpc) is 3.25. The van der Waals surface area contributed by atoms with Crippen LogP contribution >= 0.6 is 0 Å². The topological polar surface area (TPSA) is 93.5 Å². The third kappa shape index (κ3) is 6.56. The molecule has 4 rings (SSSR count). The highest BCUT2D eigenvalue weighted by atomic mass is 19.1. The normalized spacial score (nSPS) is 10.6. The number of nitrogens with zero attached hydrogens (tertiary/aromatic N) is 1. The Kier molecular flexibility index (Phi) is 8.08. The van der Waals surface area contributed by atoms with Crippen molar-refractivity contribution < 1.29 is 23.1 Å². The molecule has 0 aliphatic heterocycles. The van der Waals surface area contributed by atoms with Crippen LogP contribution in [-0.2, 0) is 22.6 Å². The van der Waals surface area contributed by atoms with E-state index in [2.05, 4.69) is 15.6 Å².